The van der Waals surface area contributed by atoms with Crippen molar-refractivity contribution in [2.75, 3.05) is 20.1 Å². The van der Waals surface area contributed by atoms with E-state index in [1.165, 1.54) is 32.1 Å². The van der Waals surface area contributed by atoms with Crippen molar-refractivity contribution in [3.05, 3.63) is 24.5 Å². The van der Waals surface area contributed by atoms with Crippen LogP contribution in [0, 0.1) is 5.41 Å². The summed E-state index contributed by atoms with van der Waals surface area (Å²) in [5.41, 5.74) is 0.498. The topological polar surface area (TPSA) is 41.4 Å². The summed E-state index contributed by atoms with van der Waals surface area (Å²) in [6.07, 6.45) is 10.9. The standard InChI is InChI=1S/C16H28N4.HI/c1-3-16(8-4-5-9-16)14-19-15(17-2)18-10-13-20-11-6-7-12-20;/h6-7,11-12H,3-5,8-10,13-14H2,1-2H3,(H2,17,18,19);1H. The molecule has 4 nitrogen and oxygen atoms in total. The van der Waals surface area contributed by atoms with Crippen LogP contribution in [0.2, 0.25) is 0 Å². The molecule has 1 aromatic heterocycles. The molecule has 0 amide bonds. The monoisotopic (exact) mass is 404 g/mol. The fraction of sp³-hybridized carbons (Fsp3) is 0.688. The van der Waals surface area contributed by atoms with Crippen molar-refractivity contribution < 1.29 is 0 Å². The molecule has 1 aliphatic carbocycles. The van der Waals surface area contributed by atoms with Crippen LogP contribution in [-0.4, -0.2) is 30.7 Å². The van der Waals surface area contributed by atoms with Crippen LogP contribution in [0.25, 0.3) is 0 Å². The van der Waals surface area contributed by atoms with Gasteiger partial charge in [0.2, 0.25) is 0 Å². The van der Waals surface area contributed by atoms with E-state index in [0.717, 1.165) is 25.6 Å². The van der Waals surface area contributed by atoms with E-state index in [0.29, 0.717) is 5.41 Å². The Kier molecular flexibility index (Phi) is 8.14. The minimum atomic E-state index is 0. The molecule has 0 spiro atoms. The zero-order valence-corrected chi connectivity index (χ0v) is 15.6. The van der Waals surface area contributed by atoms with E-state index in [9.17, 15) is 0 Å². The average molecular weight is 404 g/mol. The molecule has 0 bridgehead atoms. The normalized spacial score (nSPS) is 17.3. The number of rotatable bonds is 6. The lowest BCUT2D eigenvalue weighted by Gasteiger charge is -2.28. The zero-order chi connectivity index (χ0) is 14.3. The van der Waals surface area contributed by atoms with E-state index in [1.807, 2.05) is 7.05 Å². The first-order chi connectivity index (χ1) is 9.78. The average Bonchev–Trinajstić information content (AvgIpc) is 3.14. The van der Waals surface area contributed by atoms with Crippen molar-refractivity contribution in [1.82, 2.24) is 15.2 Å². The molecule has 2 N–H and O–H groups in total. The lowest BCUT2D eigenvalue weighted by molar-refractivity contribution is 0.283. The van der Waals surface area contributed by atoms with Crippen LogP contribution in [0.15, 0.2) is 29.5 Å². The molecule has 0 saturated heterocycles. The van der Waals surface area contributed by atoms with Gasteiger partial charge < -0.3 is 15.2 Å². The molecule has 1 heterocycles. The van der Waals surface area contributed by atoms with Gasteiger partial charge in [0.15, 0.2) is 5.96 Å². The summed E-state index contributed by atoms with van der Waals surface area (Å²) in [4.78, 5) is 4.32. The number of hydrogen-bond acceptors (Lipinski definition) is 1. The highest BCUT2D eigenvalue weighted by atomic mass is 127. The molecule has 21 heavy (non-hydrogen) atoms. The highest BCUT2D eigenvalue weighted by Crippen LogP contribution is 2.40. The van der Waals surface area contributed by atoms with Crippen LogP contribution in [0.5, 0.6) is 0 Å². The Balaban J connectivity index is 0.00000220. The third-order valence-electron chi connectivity index (χ3n) is 4.60. The molecule has 0 aromatic carbocycles. The zero-order valence-electron chi connectivity index (χ0n) is 13.3. The number of aromatic nitrogens is 1. The van der Waals surface area contributed by atoms with Gasteiger partial charge in [-0.25, -0.2) is 0 Å². The van der Waals surface area contributed by atoms with Crippen molar-refractivity contribution in [2.24, 2.45) is 10.4 Å². The van der Waals surface area contributed by atoms with Gasteiger partial charge >= 0.3 is 0 Å². The molecule has 1 fully saturated rings. The van der Waals surface area contributed by atoms with Gasteiger partial charge in [0, 0.05) is 39.1 Å². The second-order valence-electron chi connectivity index (χ2n) is 5.83. The largest absolute Gasteiger partial charge is 0.356 e. The Morgan fingerprint density at radius 1 is 1.19 bits per heavy atom. The molecular weight excluding hydrogens is 375 g/mol. The van der Waals surface area contributed by atoms with Gasteiger partial charge in [0.25, 0.3) is 0 Å². The quantitative estimate of drug-likeness (QED) is 0.434. The van der Waals surface area contributed by atoms with Crippen molar-refractivity contribution >= 4 is 29.9 Å². The lowest BCUT2D eigenvalue weighted by Crippen LogP contribution is -2.43. The second kappa shape index (κ2) is 9.33. The van der Waals surface area contributed by atoms with Gasteiger partial charge in [0.1, 0.15) is 0 Å². The van der Waals surface area contributed by atoms with E-state index in [4.69, 9.17) is 0 Å². The van der Waals surface area contributed by atoms with Gasteiger partial charge in [-0.1, -0.05) is 19.8 Å². The van der Waals surface area contributed by atoms with Gasteiger partial charge in [-0.3, -0.25) is 4.99 Å². The van der Waals surface area contributed by atoms with Crippen molar-refractivity contribution in [2.45, 2.75) is 45.6 Å². The van der Waals surface area contributed by atoms with Crippen LogP contribution >= 0.6 is 24.0 Å². The Morgan fingerprint density at radius 3 is 2.43 bits per heavy atom. The summed E-state index contributed by atoms with van der Waals surface area (Å²) in [7, 11) is 1.85. The maximum Gasteiger partial charge on any atom is 0.191 e. The van der Waals surface area contributed by atoms with Gasteiger partial charge in [0.05, 0.1) is 0 Å². The minimum absolute atomic E-state index is 0. The molecule has 1 aromatic rings. The molecule has 0 atom stereocenters. The molecular formula is C16H29IN4. The predicted octanol–water partition coefficient (Wildman–Crippen LogP) is 3.24. The summed E-state index contributed by atoms with van der Waals surface area (Å²) in [6, 6.07) is 4.11. The van der Waals surface area contributed by atoms with Crippen molar-refractivity contribution in [3.8, 4) is 0 Å². The Morgan fingerprint density at radius 2 is 1.86 bits per heavy atom. The molecule has 5 heteroatoms. The number of guanidine groups is 1. The minimum Gasteiger partial charge on any atom is -0.356 e. The third-order valence-corrected chi connectivity index (χ3v) is 4.60. The second-order valence-corrected chi connectivity index (χ2v) is 5.83. The van der Waals surface area contributed by atoms with E-state index in [2.05, 4.69) is 51.6 Å². The van der Waals surface area contributed by atoms with Crippen LogP contribution in [0.3, 0.4) is 0 Å². The first-order valence-corrected chi connectivity index (χ1v) is 7.83. The van der Waals surface area contributed by atoms with Crippen molar-refractivity contribution in [1.29, 1.82) is 0 Å². The first-order valence-electron chi connectivity index (χ1n) is 7.83. The first kappa shape index (κ1) is 18.3. The molecule has 0 unspecified atom stereocenters. The highest BCUT2D eigenvalue weighted by molar-refractivity contribution is 14.0. The molecule has 120 valence electrons. The Hall–Kier alpha value is -0.720. The van der Waals surface area contributed by atoms with Gasteiger partial charge in [-0.2, -0.15) is 0 Å². The number of aliphatic imine (C=N–C) groups is 1. The van der Waals surface area contributed by atoms with Crippen LogP contribution in [0.4, 0.5) is 0 Å². The number of nitrogens with one attached hydrogen (secondary N) is 2. The predicted molar refractivity (Wildman–Crippen MR) is 100 cm³/mol. The van der Waals surface area contributed by atoms with E-state index < -0.39 is 0 Å². The summed E-state index contributed by atoms with van der Waals surface area (Å²) in [5.74, 6) is 0.928. The lowest BCUT2D eigenvalue weighted by atomic mass is 9.83. The number of hydrogen-bond donors (Lipinski definition) is 2. The summed E-state index contributed by atoms with van der Waals surface area (Å²) < 4.78 is 2.17. The van der Waals surface area contributed by atoms with E-state index in [1.54, 1.807) is 0 Å². The SMILES string of the molecule is CCC1(CNC(=NC)NCCn2cccc2)CCCC1.I. The molecule has 1 saturated carbocycles. The molecule has 0 aliphatic heterocycles. The molecule has 1 aliphatic rings. The number of nitrogens with zero attached hydrogens (tertiary/aromatic N) is 2. The highest BCUT2D eigenvalue weighted by Gasteiger charge is 2.31. The smallest absolute Gasteiger partial charge is 0.191 e. The Labute approximate surface area is 145 Å². The summed E-state index contributed by atoms with van der Waals surface area (Å²) in [6.45, 7) is 5.22. The van der Waals surface area contributed by atoms with Crippen LogP contribution in [-0.2, 0) is 6.54 Å². The van der Waals surface area contributed by atoms with E-state index >= 15 is 0 Å². The fourth-order valence-electron chi connectivity index (χ4n) is 3.09. The summed E-state index contributed by atoms with van der Waals surface area (Å²) >= 11 is 0. The summed E-state index contributed by atoms with van der Waals surface area (Å²) in [5, 5.41) is 6.90. The molecule has 2 rings (SSSR count). The maximum atomic E-state index is 4.32. The van der Waals surface area contributed by atoms with E-state index in [-0.39, 0.29) is 24.0 Å². The van der Waals surface area contributed by atoms with Crippen molar-refractivity contribution in [3.63, 3.8) is 0 Å². The van der Waals surface area contributed by atoms with Gasteiger partial charge in [-0.05, 0) is 36.8 Å². The van der Waals surface area contributed by atoms with Crippen LogP contribution in [0.1, 0.15) is 39.0 Å². The fourth-order valence-corrected chi connectivity index (χ4v) is 3.09. The Bertz CT molecular complexity index is 408. The third kappa shape index (κ3) is 5.52. The maximum absolute atomic E-state index is 4.32. The van der Waals surface area contributed by atoms with Gasteiger partial charge in [-0.15, -0.1) is 24.0 Å². The van der Waals surface area contributed by atoms with Crippen LogP contribution < -0.4 is 10.6 Å². The molecule has 0 radical (unpaired) electrons. The number of halogens is 1.